The van der Waals surface area contributed by atoms with Crippen LogP contribution < -0.4 is 10.2 Å². The number of carbonyl (C=O) groups excluding carboxylic acids is 2. The first-order valence-corrected chi connectivity index (χ1v) is 8.22. The molecule has 0 radical (unpaired) electrons. The van der Waals surface area contributed by atoms with Crippen LogP contribution in [0.1, 0.15) is 5.56 Å². The minimum atomic E-state index is -0.589. The average molecular weight is 428 g/mol. The van der Waals surface area contributed by atoms with Gasteiger partial charge in [0.2, 0.25) is 0 Å². The first-order valence-electron chi connectivity index (χ1n) is 6.67. The molecule has 0 atom stereocenters. The third-order valence-corrected chi connectivity index (χ3v) is 4.32. The number of rotatable bonds is 2. The van der Waals surface area contributed by atoms with E-state index in [1.807, 2.05) is 0 Å². The Morgan fingerprint density at radius 3 is 2.46 bits per heavy atom. The van der Waals surface area contributed by atoms with E-state index in [0.29, 0.717) is 20.7 Å². The summed E-state index contributed by atoms with van der Waals surface area (Å²) >= 11 is 15.0. The maximum atomic E-state index is 12.5. The van der Waals surface area contributed by atoms with Gasteiger partial charge >= 0.3 is 6.03 Å². The Morgan fingerprint density at radius 1 is 1.12 bits per heavy atom. The van der Waals surface area contributed by atoms with Crippen molar-refractivity contribution in [3.63, 3.8) is 0 Å². The smallest absolute Gasteiger partial charge is 0.333 e. The Bertz CT molecular complexity index is 882. The van der Waals surface area contributed by atoms with E-state index < -0.39 is 11.9 Å². The van der Waals surface area contributed by atoms with E-state index >= 15 is 0 Å². The second-order valence-corrected chi connectivity index (χ2v) is 6.69. The van der Waals surface area contributed by atoms with Crippen molar-refractivity contribution in [3.05, 3.63) is 62.2 Å². The number of hydrogen-bond donors (Lipinski definition) is 2. The van der Waals surface area contributed by atoms with Crippen molar-refractivity contribution in [2.45, 2.75) is 0 Å². The van der Waals surface area contributed by atoms with Gasteiger partial charge in [0.15, 0.2) is 0 Å². The van der Waals surface area contributed by atoms with Gasteiger partial charge in [-0.05, 0) is 42.5 Å². The van der Waals surface area contributed by atoms with Crippen LogP contribution in [0.3, 0.4) is 0 Å². The van der Waals surface area contributed by atoms with Gasteiger partial charge in [0.05, 0.1) is 10.7 Å². The molecule has 1 aliphatic heterocycles. The second kappa shape index (κ2) is 6.47. The predicted molar refractivity (Wildman–Crippen MR) is 96.3 cm³/mol. The molecule has 122 valence electrons. The lowest BCUT2D eigenvalue weighted by molar-refractivity contribution is -0.113. The fourth-order valence-corrected chi connectivity index (χ4v) is 3.17. The van der Waals surface area contributed by atoms with Crippen molar-refractivity contribution in [1.29, 1.82) is 0 Å². The number of amides is 3. The van der Waals surface area contributed by atoms with Crippen molar-refractivity contribution in [2.24, 2.45) is 0 Å². The van der Waals surface area contributed by atoms with Gasteiger partial charge in [-0.2, -0.15) is 0 Å². The molecule has 0 aliphatic carbocycles. The van der Waals surface area contributed by atoms with E-state index in [9.17, 15) is 14.7 Å². The molecule has 0 spiro atoms. The number of benzene rings is 2. The fourth-order valence-electron chi connectivity index (χ4n) is 2.21. The van der Waals surface area contributed by atoms with E-state index in [1.165, 1.54) is 12.1 Å². The summed E-state index contributed by atoms with van der Waals surface area (Å²) < 4.78 is 0.628. The molecule has 1 heterocycles. The average Bonchev–Trinajstić information content (AvgIpc) is 2.80. The van der Waals surface area contributed by atoms with Crippen molar-refractivity contribution >= 4 is 62.8 Å². The standard InChI is InChI=1S/C16H9BrCl2N2O3/c17-9-5-8(14(22)12(19)7-9)6-13-15(23)21(16(24)20-13)11-3-1-10(18)2-4-11/h1-7,22H,(H,20,24)/b13-6-. The van der Waals surface area contributed by atoms with Gasteiger partial charge in [0.1, 0.15) is 11.4 Å². The van der Waals surface area contributed by atoms with Crippen LogP contribution in [0, 0.1) is 0 Å². The minimum Gasteiger partial charge on any atom is -0.506 e. The number of carbonyl (C=O) groups is 2. The zero-order valence-corrected chi connectivity index (χ0v) is 15.0. The number of imide groups is 1. The zero-order valence-electron chi connectivity index (χ0n) is 11.9. The van der Waals surface area contributed by atoms with Crippen LogP contribution in [0.5, 0.6) is 5.75 Å². The number of phenols is 1. The molecule has 1 aliphatic rings. The number of phenolic OH excluding ortho intramolecular Hbond substituents is 1. The van der Waals surface area contributed by atoms with Crippen molar-refractivity contribution in [2.75, 3.05) is 4.90 Å². The Morgan fingerprint density at radius 2 is 1.79 bits per heavy atom. The Labute approximate surface area is 155 Å². The highest BCUT2D eigenvalue weighted by Crippen LogP contribution is 2.33. The molecule has 8 heteroatoms. The summed E-state index contributed by atoms with van der Waals surface area (Å²) in [4.78, 5) is 25.6. The number of hydrogen-bond acceptors (Lipinski definition) is 3. The molecule has 0 bridgehead atoms. The summed E-state index contributed by atoms with van der Waals surface area (Å²) in [5.74, 6) is -0.725. The van der Waals surface area contributed by atoms with E-state index in [1.54, 1.807) is 30.3 Å². The molecule has 2 N–H and O–H groups in total. The van der Waals surface area contributed by atoms with Gasteiger partial charge in [0, 0.05) is 15.1 Å². The van der Waals surface area contributed by atoms with Crippen LogP contribution >= 0.6 is 39.1 Å². The summed E-state index contributed by atoms with van der Waals surface area (Å²) in [6, 6.07) is 8.81. The van der Waals surface area contributed by atoms with E-state index in [4.69, 9.17) is 23.2 Å². The molecule has 3 amide bonds. The summed E-state index contributed by atoms with van der Waals surface area (Å²) in [6.45, 7) is 0. The van der Waals surface area contributed by atoms with Crippen molar-refractivity contribution in [3.8, 4) is 5.75 Å². The lowest BCUT2D eigenvalue weighted by Gasteiger charge is -2.11. The molecule has 0 saturated carbocycles. The Balaban J connectivity index is 1.98. The summed E-state index contributed by atoms with van der Waals surface area (Å²) in [5.41, 5.74) is 0.720. The topological polar surface area (TPSA) is 69.6 Å². The van der Waals surface area contributed by atoms with Crippen molar-refractivity contribution < 1.29 is 14.7 Å². The van der Waals surface area contributed by atoms with E-state index in [0.717, 1.165) is 4.90 Å². The van der Waals surface area contributed by atoms with Gasteiger partial charge < -0.3 is 10.4 Å². The van der Waals surface area contributed by atoms with Crippen LogP contribution in [-0.2, 0) is 4.79 Å². The van der Waals surface area contributed by atoms with Crippen molar-refractivity contribution in [1.82, 2.24) is 5.32 Å². The van der Waals surface area contributed by atoms with Gasteiger partial charge in [-0.25, -0.2) is 9.69 Å². The maximum absolute atomic E-state index is 12.5. The van der Waals surface area contributed by atoms with Gasteiger partial charge in [-0.3, -0.25) is 4.79 Å². The van der Waals surface area contributed by atoms with Gasteiger partial charge in [-0.1, -0.05) is 39.1 Å². The summed E-state index contributed by atoms with van der Waals surface area (Å²) in [7, 11) is 0. The quantitative estimate of drug-likeness (QED) is 0.545. The number of anilines is 1. The largest absolute Gasteiger partial charge is 0.506 e. The first kappa shape index (κ1) is 16.8. The van der Waals surface area contributed by atoms with E-state index in [-0.39, 0.29) is 16.5 Å². The molecule has 0 aromatic heterocycles. The first-order chi connectivity index (χ1) is 11.4. The molecular formula is C16H9BrCl2N2O3. The SMILES string of the molecule is O=C1N/C(=C\c2cc(Br)cc(Cl)c2O)C(=O)N1c1ccc(Cl)cc1. The number of aromatic hydroxyl groups is 1. The molecule has 1 fully saturated rings. The van der Waals surface area contributed by atoms with Crippen LogP contribution in [0.2, 0.25) is 10.0 Å². The van der Waals surface area contributed by atoms with Crippen LogP contribution in [0.25, 0.3) is 6.08 Å². The molecule has 3 rings (SSSR count). The maximum Gasteiger partial charge on any atom is 0.333 e. The molecule has 2 aromatic carbocycles. The number of nitrogens with one attached hydrogen (secondary N) is 1. The third-order valence-electron chi connectivity index (χ3n) is 3.32. The number of urea groups is 1. The highest BCUT2D eigenvalue weighted by atomic mass is 79.9. The molecular weight excluding hydrogens is 419 g/mol. The molecule has 1 saturated heterocycles. The number of nitrogens with zero attached hydrogens (tertiary/aromatic N) is 1. The molecule has 24 heavy (non-hydrogen) atoms. The van der Waals surface area contributed by atoms with E-state index in [2.05, 4.69) is 21.2 Å². The highest BCUT2D eigenvalue weighted by Gasteiger charge is 2.35. The zero-order chi connectivity index (χ0) is 17.4. The Kier molecular flexibility index (Phi) is 4.54. The molecule has 5 nitrogen and oxygen atoms in total. The van der Waals surface area contributed by atoms with Crippen LogP contribution in [0.15, 0.2) is 46.6 Å². The number of halogens is 3. The predicted octanol–water partition coefficient (Wildman–Crippen LogP) is 4.56. The normalized spacial score (nSPS) is 16.0. The summed E-state index contributed by atoms with van der Waals surface area (Å²) in [6.07, 6.45) is 1.36. The van der Waals surface area contributed by atoms with Crippen LogP contribution in [0.4, 0.5) is 10.5 Å². The lowest BCUT2D eigenvalue weighted by atomic mass is 10.1. The van der Waals surface area contributed by atoms with Gasteiger partial charge in [0.25, 0.3) is 5.91 Å². The Hall–Kier alpha value is -2.02. The van der Waals surface area contributed by atoms with Crippen LogP contribution in [-0.4, -0.2) is 17.0 Å². The highest BCUT2D eigenvalue weighted by molar-refractivity contribution is 9.10. The third kappa shape index (κ3) is 3.13. The minimum absolute atomic E-state index is 0.0272. The summed E-state index contributed by atoms with van der Waals surface area (Å²) in [5, 5.41) is 13.1. The molecule has 2 aromatic rings. The lowest BCUT2D eigenvalue weighted by Crippen LogP contribution is -2.30. The monoisotopic (exact) mass is 426 g/mol. The molecule has 0 unspecified atom stereocenters. The fraction of sp³-hybridized carbons (Fsp3) is 0. The van der Waals surface area contributed by atoms with Gasteiger partial charge in [-0.15, -0.1) is 0 Å². The second-order valence-electron chi connectivity index (χ2n) is 4.93.